The second kappa shape index (κ2) is 2.94. The van der Waals surface area contributed by atoms with Gasteiger partial charge in [-0.25, -0.2) is 4.39 Å². The van der Waals surface area contributed by atoms with Crippen LogP contribution in [0.4, 0.5) is 4.39 Å². The average molecular weight is 218 g/mol. The zero-order valence-electron chi connectivity index (χ0n) is 8.17. The maximum Gasteiger partial charge on any atom is 0.108 e. The molecule has 3 unspecified atom stereocenters. The zero-order chi connectivity index (χ0) is 10.5. The highest BCUT2D eigenvalue weighted by Gasteiger charge is 2.56. The second-order valence-electron chi connectivity index (χ2n) is 4.16. The van der Waals surface area contributed by atoms with E-state index in [0.29, 0.717) is 17.1 Å². The fourth-order valence-electron chi connectivity index (χ4n) is 1.73. The van der Waals surface area contributed by atoms with Gasteiger partial charge in [0.05, 0.1) is 23.0 Å². The summed E-state index contributed by atoms with van der Waals surface area (Å²) in [4.78, 5) is 0. The molecule has 1 heterocycles. The maximum absolute atomic E-state index is 13.1. The van der Waals surface area contributed by atoms with Crippen LogP contribution < -0.4 is 5.73 Å². The number of aromatic nitrogens is 2. The quantitative estimate of drug-likeness (QED) is 0.821. The Hall–Kier alpha value is -0.610. The number of halogens is 2. The molecule has 3 atom stereocenters. The molecule has 0 bridgehead atoms. The molecule has 0 amide bonds. The molecule has 1 aromatic rings. The summed E-state index contributed by atoms with van der Waals surface area (Å²) in [5.41, 5.74) is 6.24. The normalized spacial score (nSPS) is 33.1. The minimum Gasteiger partial charge on any atom is -0.322 e. The molecule has 0 saturated heterocycles. The Kier molecular flexibility index (Phi) is 2.08. The van der Waals surface area contributed by atoms with Crippen LogP contribution in [0.15, 0.2) is 6.20 Å². The lowest BCUT2D eigenvalue weighted by Crippen LogP contribution is -2.25. The molecule has 0 aromatic carbocycles. The molecule has 0 radical (unpaired) electrons. The van der Waals surface area contributed by atoms with Crippen molar-refractivity contribution in [3.05, 3.63) is 16.9 Å². The number of alkyl halides is 1. The Morgan fingerprint density at radius 2 is 2.43 bits per heavy atom. The first-order chi connectivity index (χ1) is 6.47. The van der Waals surface area contributed by atoms with Gasteiger partial charge in [-0.2, -0.15) is 5.10 Å². The third kappa shape index (κ3) is 1.25. The smallest absolute Gasteiger partial charge is 0.108 e. The summed E-state index contributed by atoms with van der Waals surface area (Å²) in [6.07, 6.45) is 1.23. The molecule has 2 N–H and O–H groups in total. The van der Waals surface area contributed by atoms with E-state index in [1.165, 1.54) is 6.20 Å². The van der Waals surface area contributed by atoms with Crippen LogP contribution in [-0.2, 0) is 7.05 Å². The van der Waals surface area contributed by atoms with Gasteiger partial charge in [-0.1, -0.05) is 18.5 Å². The van der Waals surface area contributed by atoms with Gasteiger partial charge in [-0.15, -0.1) is 0 Å². The van der Waals surface area contributed by atoms with E-state index in [1.54, 1.807) is 11.7 Å². The van der Waals surface area contributed by atoms with Crippen LogP contribution in [0.2, 0.25) is 5.02 Å². The summed E-state index contributed by atoms with van der Waals surface area (Å²) in [5.74, 6) is 0. The number of nitrogens with two attached hydrogens (primary N) is 1. The summed E-state index contributed by atoms with van der Waals surface area (Å²) < 4.78 is 14.7. The first-order valence-electron chi connectivity index (χ1n) is 4.54. The Labute approximate surface area is 87.0 Å². The molecular formula is C9H13ClFN3. The summed E-state index contributed by atoms with van der Waals surface area (Å²) in [6, 6.07) is -0.377. The van der Waals surface area contributed by atoms with Gasteiger partial charge < -0.3 is 5.73 Å². The molecule has 0 spiro atoms. The van der Waals surface area contributed by atoms with Gasteiger partial charge in [0, 0.05) is 12.5 Å². The van der Waals surface area contributed by atoms with E-state index in [-0.39, 0.29) is 6.04 Å². The average Bonchev–Trinajstić information content (AvgIpc) is 2.58. The Morgan fingerprint density at radius 1 is 1.86 bits per heavy atom. The zero-order valence-corrected chi connectivity index (χ0v) is 8.92. The Balaban J connectivity index is 2.32. The largest absolute Gasteiger partial charge is 0.322 e. The highest BCUT2D eigenvalue weighted by atomic mass is 35.5. The summed E-state index contributed by atoms with van der Waals surface area (Å²) in [7, 11) is 1.76. The van der Waals surface area contributed by atoms with Crippen LogP contribution in [0.5, 0.6) is 0 Å². The lowest BCUT2D eigenvalue weighted by Gasteiger charge is -2.19. The van der Waals surface area contributed by atoms with Crippen molar-refractivity contribution in [3.8, 4) is 0 Å². The predicted octanol–water partition coefficient (Wildman–Crippen LogP) is 1.82. The van der Waals surface area contributed by atoms with E-state index in [0.717, 1.165) is 0 Å². The van der Waals surface area contributed by atoms with Crippen molar-refractivity contribution in [1.29, 1.82) is 0 Å². The van der Waals surface area contributed by atoms with Crippen molar-refractivity contribution in [3.63, 3.8) is 0 Å². The van der Waals surface area contributed by atoms with Crippen LogP contribution in [-0.4, -0.2) is 16.0 Å². The summed E-state index contributed by atoms with van der Waals surface area (Å²) >= 11 is 5.94. The third-order valence-corrected chi connectivity index (χ3v) is 3.41. The fraction of sp³-hybridized carbons (Fsp3) is 0.667. The van der Waals surface area contributed by atoms with Gasteiger partial charge in [0.2, 0.25) is 0 Å². The minimum atomic E-state index is -0.816. The standard InChI is InChI=1S/C9H13ClFN3/c1-9(3-6(9)11)8(12)7-5(10)4-13-14(7)2/h4,6,8H,3,12H2,1-2H3. The van der Waals surface area contributed by atoms with Gasteiger partial charge in [0.15, 0.2) is 0 Å². The van der Waals surface area contributed by atoms with Gasteiger partial charge in [0.25, 0.3) is 0 Å². The van der Waals surface area contributed by atoms with E-state index >= 15 is 0 Å². The van der Waals surface area contributed by atoms with Gasteiger partial charge >= 0.3 is 0 Å². The van der Waals surface area contributed by atoms with Crippen molar-refractivity contribution < 1.29 is 4.39 Å². The molecule has 1 aliphatic rings. The summed E-state index contributed by atoms with van der Waals surface area (Å²) in [5, 5.41) is 4.50. The molecule has 1 fully saturated rings. The maximum atomic E-state index is 13.1. The molecule has 5 heteroatoms. The molecule has 0 aliphatic heterocycles. The lowest BCUT2D eigenvalue weighted by atomic mass is 9.96. The topological polar surface area (TPSA) is 43.8 Å². The van der Waals surface area contributed by atoms with Crippen LogP contribution in [0, 0.1) is 5.41 Å². The van der Waals surface area contributed by atoms with E-state index in [2.05, 4.69) is 5.10 Å². The SMILES string of the molecule is Cn1ncc(Cl)c1C(N)C1(C)CC1F. The van der Waals surface area contributed by atoms with E-state index in [9.17, 15) is 4.39 Å². The monoisotopic (exact) mass is 217 g/mol. The van der Waals surface area contributed by atoms with E-state index in [4.69, 9.17) is 17.3 Å². The van der Waals surface area contributed by atoms with Crippen LogP contribution in [0.3, 0.4) is 0 Å². The number of nitrogens with zero attached hydrogens (tertiary/aromatic N) is 2. The highest BCUT2D eigenvalue weighted by molar-refractivity contribution is 6.31. The second-order valence-corrected chi connectivity index (χ2v) is 4.56. The number of aryl methyl sites for hydroxylation is 1. The molecule has 3 nitrogen and oxygen atoms in total. The fourth-order valence-corrected chi connectivity index (χ4v) is 2.01. The van der Waals surface area contributed by atoms with E-state index in [1.807, 2.05) is 6.92 Å². The predicted molar refractivity (Wildman–Crippen MR) is 52.8 cm³/mol. The third-order valence-electron chi connectivity index (χ3n) is 3.12. The molecule has 14 heavy (non-hydrogen) atoms. The first kappa shape index (κ1) is 9.93. The number of hydrogen-bond donors (Lipinski definition) is 1. The van der Waals surface area contributed by atoms with Crippen molar-refractivity contribution in [2.24, 2.45) is 18.2 Å². The number of rotatable bonds is 2. The van der Waals surface area contributed by atoms with Gasteiger partial charge in [-0.05, 0) is 6.42 Å². The van der Waals surface area contributed by atoms with Crippen LogP contribution >= 0.6 is 11.6 Å². The molecule has 2 rings (SSSR count). The summed E-state index contributed by atoms with van der Waals surface area (Å²) in [6.45, 7) is 1.84. The first-order valence-corrected chi connectivity index (χ1v) is 4.91. The van der Waals surface area contributed by atoms with Crippen molar-refractivity contribution >= 4 is 11.6 Å². The molecular weight excluding hydrogens is 205 g/mol. The van der Waals surface area contributed by atoms with Crippen molar-refractivity contribution in [2.75, 3.05) is 0 Å². The van der Waals surface area contributed by atoms with Gasteiger partial charge in [0.1, 0.15) is 6.17 Å². The van der Waals surface area contributed by atoms with Gasteiger partial charge in [-0.3, -0.25) is 4.68 Å². The van der Waals surface area contributed by atoms with Crippen LogP contribution in [0.1, 0.15) is 25.1 Å². The minimum absolute atomic E-state index is 0.377. The molecule has 1 saturated carbocycles. The van der Waals surface area contributed by atoms with Crippen LogP contribution in [0.25, 0.3) is 0 Å². The van der Waals surface area contributed by atoms with Crippen molar-refractivity contribution in [2.45, 2.75) is 25.6 Å². The lowest BCUT2D eigenvalue weighted by molar-refractivity contribution is 0.323. The highest BCUT2D eigenvalue weighted by Crippen LogP contribution is 2.56. The molecule has 1 aromatic heterocycles. The molecule has 1 aliphatic carbocycles. The van der Waals surface area contributed by atoms with Crippen molar-refractivity contribution in [1.82, 2.24) is 9.78 Å². The Bertz CT molecular complexity index is 345. The Morgan fingerprint density at radius 3 is 2.79 bits per heavy atom. The van der Waals surface area contributed by atoms with E-state index < -0.39 is 11.6 Å². The molecule has 78 valence electrons. The number of hydrogen-bond acceptors (Lipinski definition) is 2.